The fourth-order valence-corrected chi connectivity index (χ4v) is 3.61. The average molecular weight is 372 g/mol. The van der Waals surface area contributed by atoms with E-state index < -0.39 is 0 Å². The van der Waals surface area contributed by atoms with Crippen molar-refractivity contribution >= 4 is 51.9 Å². The lowest BCUT2D eigenvalue weighted by atomic mass is 10.1. The van der Waals surface area contributed by atoms with Gasteiger partial charge in [0.05, 0.1) is 16.5 Å². The SMILES string of the molecule is CCOc1cc(/C=C2\SC(=S)N(CC(C)C)C2=O)cc(Cl)c1O. The molecule has 0 atom stereocenters. The van der Waals surface area contributed by atoms with Crippen molar-refractivity contribution in [3.05, 3.63) is 27.6 Å². The second kappa shape index (κ2) is 7.55. The van der Waals surface area contributed by atoms with E-state index in [4.69, 9.17) is 28.6 Å². The minimum absolute atomic E-state index is 0.0991. The molecule has 4 nitrogen and oxygen atoms in total. The summed E-state index contributed by atoms with van der Waals surface area (Å²) in [6.45, 7) is 6.90. The number of amides is 1. The lowest BCUT2D eigenvalue weighted by molar-refractivity contribution is -0.122. The van der Waals surface area contributed by atoms with Crippen LogP contribution in [0.3, 0.4) is 0 Å². The number of carbonyl (C=O) groups excluding carboxylic acids is 1. The van der Waals surface area contributed by atoms with Gasteiger partial charge in [0, 0.05) is 6.54 Å². The first kappa shape index (κ1) is 18.1. The van der Waals surface area contributed by atoms with Crippen LogP contribution in [-0.2, 0) is 4.79 Å². The predicted octanol–water partition coefficient (Wildman–Crippen LogP) is 4.30. The molecule has 1 aromatic carbocycles. The van der Waals surface area contributed by atoms with Gasteiger partial charge < -0.3 is 9.84 Å². The van der Waals surface area contributed by atoms with Crippen molar-refractivity contribution in [3.8, 4) is 11.5 Å². The number of hydrogen-bond donors (Lipinski definition) is 1. The number of benzene rings is 1. The molecule has 0 radical (unpaired) electrons. The molecule has 2 rings (SSSR count). The van der Waals surface area contributed by atoms with E-state index in [1.54, 1.807) is 23.1 Å². The third-order valence-electron chi connectivity index (χ3n) is 3.07. The number of nitrogens with zero attached hydrogens (tertiary/aromatic N) is 1. The number of halogens is 1. The molecule has 23 heavy (non-hydrogen) atoms. The van der Waals surface area contributed by atoms with Crippen LogP contribution in [0.15, 0.2) is 17.0 Å². The number of aromatic hydroxyl groups is 1. The number of hydrogen-bond acceptors (Lipinski definition) is 5. The van der Waals surface area contributed by atoms with E-state index in [1.807, 2.05) is 20.8 Å². The average Bonchev–Trinajstić information content (AvgIpc) is 2.72. The summed E-state index contributed by atoms with van der Waals surface area (Å²) in [5.41, 5.74) is 0.682. The van der Waals surface area contributed by atoms with Gasteiger partial charge in [0.2, 0.25) is 0 Å². The molecule has 1 heterocycles. The van der Waals surface area contributed by atoms with Gasteiger partial charge in [-0.2, -0.15) is 0 Å². The number of carbonyl (C=O) groups is 1. The Hall–Kier alpha value is -1.24. The summed E-state index contributed by atoms with van der Waals surface area (Å²) in [6, 6.07) is 3.24. The fourth-order valence-electron chi connectivity index (χ4n) is 2.12. The van der Waals surface area contributed by atoms with Crippen LogP contribution in [0.1, 0.15) is 26.3 Å². The molecule has 1 aromatic rings. The van der Waals surface area contributed by atoms with Gasteiger partial charge in [-0.1, -0.05) is 49.4 Å². The minimum atomic E-state index is -0.101. The quantitative estimate of drug-likeness (QED) is 0.617. The fraction of sp³-hybridized carbons (Fsp3) is 0.375. The van der Waals surface area contributed by atoms with Crippen LogP contribution >= 0.6 is 35.6 Å². The summed E-state index contributed by atoms with van der Waals surface area (Å²) >= 11 is 12.6. The van der Waals surface area contributed by atoms with Gasteiger partial charge >= 0.3 is 0 Å². The third-order valence-corrected chi connectivity index (χ3v) is 4.74. The summed E-state index contributed by atoms with van der Waals surface area (Å²) in [7, 11) is 0. The molecule has 1 aliphatic heterocycles. The van der Waals surface area contributed by atoms with Crippen molar-refractivity contribution in [2.24, 2.45) is 5.92 Å². The van der Waals surface area contributed by atoms with E-state index in [0.717, 1.165) is 0 Å². The lowest BCUT2D eigenvalue weighted by Gasteiger charge is -2.16. The van der Waals surface area contributed by atoms with Crippen molar-refractivity contribution in [1.29, 1.82) is 0 Å². The standard InChI is InChI=1S/C16H18ClNO3S2/c1-4-21-12-6-10(5-11(17)14(12)19)7-13-15(20)18(8-9(2)3)16(22)23-13/h5-7,9,19H,4,8H2,1-3H3/b13-7-. The van der Waals surface area contributed by atoms with Gasteiger partial charge in [0.1, 0.15) is 4.32 Å². The van der Waals surface area contributed by atoms with Gasteiger partial charge in [-0.05, 0) is 36.6 Å². The second-order valence-electron chi connectivity index (χ2n) is 5.47. The molecule has 0 unspecified atom stereocenters. The summed E-state index contributed by atoms with van der Waals surface area (Å²) in [6.07, 6.45) is 1.72. The van der Waals surface area contributed by atoms with Crippen LogP contribution in [0.4, 0.5) is 0 Å². The number of rotatable bonds is 5. The highest BCUT2D eigenvalue weighted by Gasteiger charge is 2.32. The van der Waals surface area contributed by atoms with Crippen molar-refractivity contribution < 1.29 is 14.6 Å². The molecular formula is C16H18ClNO3S2. The normalized spacial score (nSPS) is 16.7. The smallest absolute Gasteiger partial charge is 0.266 e. The Morgan fingerprint density at radius 1 is 1.48 bits per heavy atom. The Bertz CT molecular complexity index is 674. The summed E-state index contributed by atoms with van der Waals surface area (Å²) < 4.78 is 5.91. The summed E-state index contributed by atoms with van der Waals surface area (Å²) in [5, 5.41) is 10.1. The molecule has 0 saturated carbocycles. The van der Waals surface area contributed by atoms with Gasteiger partial charge in [0.25, 0.3) is 5.91 Å². The van der Waals surface area contributed by atoms with Gasteiger partial charge in [-0.3, -0.25) is 9.69 Å². The molecule has 0 spiro atoms. The van der Waals surface area contributed by atoms with Crippen LogP contribution < -0.4 is 4.74 Å². The maximum atomic E-state index is 12.5. The molecule has 0 bridgehead atoms. The lowest BCUT2D eigenvalue weighted by Crippen LogP contribution is -2.31. The monoisotopic (exact) mass is 371 g/mol. The van der Waals surface area contributed by atoms with Crippen LogP contribution in [0, 0.1) is 5.92 Å². The topological polar surface area (TPSA) is 49.8 Å². The minimum Gasteiger partial charge on any atom is -0.503 e. The van der Waals surface area contributed by atoms with Crippen LogP contribution in [-0.4, -0.2) is 33.4 Å². The van der Waals surface area contributed by atoms with E-state index in [9.17, 15) is 9.90 Å². The molecule has 0 aliphatic carbocycles. The van der Waals surface area contributed by atoms with E-state index in [-0.39, 0.29) is 16.7 Å². The highest BCUT2D eigenvalue weighted by atomic mass is 35.5. The highest BCUT2D eigenvalue weighted by Crippen LogP contribution is 2.38. The van der Waals surface area contributed by atoms with Crippen molar-refractivity contribution in [1.82, 2.24) is 4.90 Å². The number of thioether (sulfide) groups is 1. The van der Waals surface area contributed by atoms with Crippen LogP contribution in [0.2, 0.25) is 5.02 Å². The molecule has 124 valence electrons. The maximum Gasteiger partial charge on any atom is 0.266 e. The third kappa shape index (κ3) is 4.19. The Balaban J connectivity index is 2.32. The zero-order valence-electron chi connectivity index (χ0n) is 13.1. The zero-order chi connectivity index (χ0) is 17.1. The van der Waals surface area contributed by atoms with Gasteiger partial charge in [0.15, 0.2) is 11.5 Å². The Kier molecular flexibility index (Phi) is 5.95. The predicted molar refractivity (Wildman–Crippen MR) is 99.0 cm³/mol. The van der Waals surface area contributed by atoms with Gasteiger partial charge in [-0.15, -0.1) is 0 Å². The number of ether oxygens (including phenoxy) is 1. The van der Waals surface area contributed by atoms with Gasteiger partial charge in [-0.25, -0.2) is 0 Å². The molecule has 1 aliphatic rings. The zero-order valence-corrected chi connectivity index (χ0v) is 15.5. The van der Waals surface area contributed by atoms with E-state index >= 15 is 0 Å². The molecule has 7 heteroatoms. The Morgan fingerprint density at radius 3 is 2.78 bits per heavy atom. The van der Waals surface area contributed by atoms with Crippen LogP contribution in [0.5, 0.6) is 11.5 Å². The van der Waals surface area contributed by atoms with Crippen molar-refractivity contribution in [3.63, 3.8) is 0 Å². The summed E-state index contributed by atoms with van der Waals surface area (Å²) in [5.74, 6) is 0.433. The van der Waals surface area contributed by atoms with E-state index in [0.29, 0.717) is 39.6 Å². The molecule has 1 fully saturated rings. The molecule has 1 amide bonds. The van der Waals surface area contributed by atoms with E-state index in [2.05, 4.69) is 0 Å². The Labute approximate surface area is 150 Å². The first-order valence-corrected chi connectivity index (χ1v) is 8.84. The molecule has 0 aromatic heterocycles. The van der Waals surface area contributed by atoms with Crippen molar-refractivity contribution in [2.75, 3.05) is 13.2 Å². The largest absolute Gasteiger partial charge is 0.503 e. The van der Waals surface area contributed by atoms with Crippen LogP contribution in [0.25, 0.3) is 6.08 Å². The summed E-state index contributed by atoms with van der Waals surface area (Å²) in [4.78, 5) is 14.6. The molecule has 1 N–H and O–H groups in total. The Morgan fingerprint density at radius 2 is 2.17 bits per heavy atom. The molecular weight excluding hydrogens is 354 g/mol. The first-order valence-electron chi connectivity index (χ1n) is 7.24. The van der Waals surface area contributed by atoms with E-state index in [1.165, 1.54) is 11.8 Å². The first-order chi connectivity index (χ1) is 10.8. The number of phenols is 1. The number of thiocarbonyl (C=S) groups is 1. The van der Waals surface area contributed by atoms with Crippen molar-refractivity contribution in [2.45, 2.75) is 20.8 Å². The number of phenolic OH excluding ortho intramolecular Hbond substituents is 1. The second-order valence-corrected chi connectivity index (χ2v) is 7.55. The molecule has 1 saturated heterocycles. The highest BCUT2D eigenvalue weighted by molar-refractivity contribution is 8.26. The maximum absolute atomic E-state index is 12.5.